The number of tetrazole rings is 1. The fraction of sp³-hybridized carbons (Fsp3) is 0.300. The maximum absolute atomic E-state index is 12.3. The van der Waals surface area contributed by atoms with Gasteiger partial charge in [0.15, 0.2) is 0 Å². The summed E-state index contributed by atoms with van der Waals surface area (Å²) in [6, 6.07) is 19.4. The first kappa shape index (κ1) is 17.2. The standard InChI is InChI=1S/C20H21N5O2/c26-18(27)20(14-16-8-3-1-4-9-16)12-7-13-24(15-20)19-21-22-23-25(19)17-10-5-2-6-11-17/h1-6,8-11H,7,12-15H2,(H,26,27)/t20-/m1/s1. The Hall–Kier alpha value is -3.22. The lowest BCUT2D eigenvalue weighted by molar-refractivity contribution is -0.149. The molecule has 27 heavy (non-hydrogen) atoms. The highest BCUT2D eigenvalue weighted by Gasteiger charge is 2.43. The molecule has 1 aliphatic heterocycles. The van der Waals surface area contributed by atoms with E-state index in [-0.39, 0.29) is 0 Å². The molecule has 1 aromatic heterocycles. The van der Waals surface area contributed by atoms with Crippen LogP contribution in [0.2, 0.25) is 0 Å². The number of carboxylic acids is 1. The molecule has 0 radical (unpaired) electrons. The number of para-hydroxylation sites is 1. The first-order chi connectivity index (χ1) is 13.2. The van der Waals surface area contributed by atoms with Crippen molar-refractivity contribution in [2.24, 2.45) is 5.41 Å². The number of hydrogen-bond acceptors (Lipinski definition) is 5. The number of benzene rings is 2. The van der Waals surface area contributed by atoms with Crippen molar-refractivity contribution in [1.29, 1.82) is 0 Å². The lowest BCUT2D eigenvalue weighted by Gasteiger charge is -2.40. The molecule has 0 saturated carbocycles. The van der Waals surface area contributed by atoms with Crippen LogP contribution in [0.4, 0.5) is 5.95 Å². The predicted molar refractivity (Wildman–Crippen MR) is 101 cm³/mol. The largest absolute Gasteiger partial charge is 0.481 e. The van der Waals surface area contributed by atoms with Crippen molar-refractivity contribution >= 4 is 11.9 Å². The zero-order valence-electron chi connectivity index (χ0n) is 14.9. The summed E-state index contributed by atoms with van der Waals surface area (Å²) in [6.07, 6.45) is 1.91. The van der Waals surface area contributed by atoms with Crippen LogP contribution in [0, 0.1) is 5.41 Å². The minimum Gasteiger partial charge on any atom is -0.481 e. The van der Waals surface area contributed by atoms with Crippen LogP contribution in [0.15, 0.2) is 60.7 Å². The van der Waals surface area contributed by atoms with Crippen molar-refractivity contribution < 1.29 is 9.90 Å². The molecule has 0 spiro atoms. The molecule has 7 heteroatoms. The van der Waals surface area contributed by atoms with Crippen molar-refractivity contribution in [3.8, 4) is 5.69 Å². The van der Waals surface area contributed by atoms with Gasteiger partial charge in [0.05, 0.1) is 11.1 Å². The van der Waals surface area contributed by atoms with E-state index < -0.39 is 11.4 Å². The van der Waals surface area contributed by atoms with E-state index in [9.17, 15) is 9.90 Å². The van der Waals surface area contributed by atoms with Crippen molar-refractivity contribution in [3.63, 3.8) is 0 Å². The van der Waals surface area contributed by atoms with Crippen LogP contribution in [-0.4, -0.2) is 44.4 Å². The minimum absolute atomic E-state index is 0.379. The molecule has 1 atom stereocenters. The van der Waals surface area contributed by atoms with Crippen LogP contribution < -0.4 is 4.90 Å². The number of rotatable bonds is 5. The maximum Gasteiger partial charge on any atom is 0.311 e. The van der Waals surface area contributed by atoms with Gasteiger partial charge in [0, 0.05) is 13.1 Å². The average Bonchev–Trinajstić information content (AvgIpc) is 3.19. The first-order valence-corrected chi connectivity index (χ1v) is 9.04. The van der Waals surface area contributed by atoms with E-state index in [2.05, 4.69) is 15.5 Å². The van der Waals surface area contributed by atoms with Gasteiger partial charge in [-0.05, 0) is 47.4 Å². The summed E-state index contributed by atoms with van der Waals surface area (Å²) in [6.45, 7) is 1.11. The van der Waals surface area contributed by atoms with Crippen LogP contribution in [0.5, 0.6) is 0 Å². The van der Waals surface area contributed by atoms with E-state index in [1.54, 1.807) is 4.68 Å². The van der Waals surface area contributed by atoms with Gasteiger partial charge in [0.25, 0.3) is 0 Å². The maximum atomic E-state index is 12.3. The predicted octanol–water partition coefficient (Wildman–Crippen LogP) is 2.58. The molecule has 2 heterocycles. The Kier molecular flexibility index (Phi) is 4.58. The molecule has 0 bridgehead atoms. The fourth-order valence-electron chi connectivity index (χ4n) is 3.80. The molecule has 1 saturated heterocycles. The highest BCUT2D eigenvalue weighted by Crippen LogP contribution is 2.36. The molecule has 3 aromatic rings. The smallest absolute Gasteiger partial charge is 0.311 e. The lowest BCUT2D eigenvalue weighted by Crippen LogP contribution is -2.50. The van der Waals surface area contributed by atoms with Gasteiger partial charge in [-0.3, -0.25) is 4.79 Å². The highest BCUT2D eigenvalue weighted by atomic mass is 16.4. The summed E-state index contributed by atoms with van der Waals surface area (Å²) in [5.74, 6) is -0.186. The van der Waals surface area contributed by atoms with Gasteiger partial charge in [0.1, 0.15) is 0 Å². The van der Waals surface area contributed by atoms with Crippen molar-refractivity contribution in [1.82, 2.24) is 20.2 Å². The number of aliphatic carboxylic acids is 1. The lowest BCUT2D eigenvalue weighted by atomic mass is 9.75. The number of hydrogen-bond donors (Lipinski definition) is 1. The van der Waals surface area contributed by atoms with E-state index in [4.69, 9.17) is 0 Å². The summed E-state index contributed by atoms with van der Waals surface area (Å²) in [7, 11) is 0. The van der Waals surface area contributed by atoms with Crippen LogP contribution in [-0.2, 0) is 11.2 Å². The number of aromatic nitrogens is 4. The number of carboxylic acid groups (broad SMARTS) is 1. The molecule has 4 rings (SSSR count). The molecule has 1 N–H and O–H groups in total. The normalized spacial score (nSPS) is 19.8. The highest BCUT2D eigenvalue weighted by molar-refractivity contribution is 5.76. The Morgan fingerprint density at radius 2 is 1.78 bits per heavy atom. The van der Waals surface area contributed by atoms with Crippen LogP contribution in [0.1, 0.15) is 18.4 Å². The van der Waals surface area contributed by atoms with Crippen LogP contribution in [0.25, 0.3) is 5.69 Å². The van der Waals surface area contributed by atoms with E-state index in [1.807, 2.05) is 65.6 Å². The van der Waals surface area contributed by atoms with Crippen LogP contribution >= 0.6 is 0 Å². The summed E-state index contributed by atoms with van der Waals surface area (Å²) in [4.78, 5) is 14.3. The molecule has 0 amide bonds. The van der Waals surface area contributed by atoms with E-state index in [0.717, 1.165) is 24.2 Å². The van der Waals surface area contributed by atoms with Crippen molar-refractivity contribution in [2.45, 2.75) is 19.3 Å². The second kappa shape index (κ2) is 7.19. The van der Waals surface area contributed by atoms with Gasteiger partial charge >= 0.3 is 5.97 Å². The Bertz CT molecular complexity index is 912. The molecule has 0 aliphatic carbocycles. The summed E-state index contributed by atoms with van der Waals surface area (Å²) >= 11 is 0. The molecular weight excluding hydrogens is 342 g/mol. The van der Waals surface area contributed by atoms with Gasteiger partial charge in [0.2, 0.25) is 5.95 Å². The monoisotopic (exact) mass is 363 g/mol. The number of piperidine rings is 1. The number of carbonyl (C=O) groups is 1. The second-order valence-electron chi connectivity index (χ2n) is 7.00. The van der Waals surface area contributed by atoms with Gasteiger partial charge < -0.3 is 10.0 Å². The topological polar surface area (TPSA) is 84.1 Å². The Balaban J connectivity index is 1.64. The van der Waals surface area contributed by atoms with Gasteiger partial charge in [-0.15, -0.1) is 0 Å². The minimum atomic E-state index is -0.854. The molecule has 2 aromatic carbocycles. The number of nitrogens with zero attached hydrogens (tertiary/aromatic N) is 5. The second-order valence-corrected chi connectivity index (χ2v) is 7.00. The van der Waals surface area contributed by atoms with E-state index >= 15 is 0 Å². The Labute approximate surface area is 157 Å². The van der Waals surface area contributed by atoms with Gasteiger partial charge in [-0.25, -0.2) is 0 Å². The molecule has 1 aliphatic rings. The third-order valence-electron chi connectivity index (χ3n) is 5.15. The molecule has 7 nitrogen and oxygen atoms in total. The summed E-state index contributed by atoms with van der Waals surface area (Å²) < 4.78 is 1.67. The van der Waals surface area contributed by atoms with Crippen LogP contribution in [0.3, 0.4) is 0 Å². The van der Waals surface area contributed by atoms with Gasteiger partial charge in [-0.2, -0.15) is 4.68 Å². The quantitative estimate of drug-likeness (QED) is 0.750. The van der Waals surface area contributed by atoms with Crippen molar-refractivity contribution in [3.05, 3.63) is 66.2 Å². The molecular formula is C20H21N5O2. The average molecular weight is 363 g/mol. The molecule has 0 unspecified atom stereocenters. The Morgan fingerprint density at radius 1 is 1.07 bits per heavy atom. The third-order valence-corrected chi connectivity index (χ3v) is 5.15. The fourth-order valence-corrected chi connectivity index (χ4v) is 3.80. The van der Waals surface area contributed by atoms with Gasteiger partial charge in [-0.1, -0.05) is 53.6 Å². The molecule has 1 fully saturated rings. The zero-order chi connectivity index (χ0) is 18.7. The SMILES string of the molecule is O=C(O)[C@@]1(Cc2ccccc2)CCCN(c2nnnn2-c2ccccc2)C1. The zero-order valence-corrected chi connectivity index (χ0v) is 14.9. The first-order valence-electron chi connectivity index (χ1n) is 9.04. The van der Waals surface area contributed by atoms with Crippen molar-refractivity contribution in [2.75, 3.05) is 18.0 Å². The molecule has 138 valence electrons. The Morgan fingerprint density at radius 3 is 2.48 bits per heavy atom. The summed E-state index contributed by atoms with van der Waals surface area (Å²) in [5.41, 5.74) is 1.03. The third kappa shape index (κ3) is 3.40. The van der Waals surface area contributed by atoms with E-state index in [0.29, 0.717) is 25.3 Å². The van der Waals surface area contributed by atoms with E-state index in [1.165, 1.54) is 0 Å². The number of anilines is 1. The summed E-state index contributed by atoms with van der Waals surface area (Å²) in [5, 5.41) is 22.2.